The number of aryl methyl sites for hydroxylation is 2. The van der Waals surface area contributed by atoms with Crippen molar-refractivity contribution in [2.45, 2.75) is 13.8 Å². The zero-order valence-electron chi connectivity index (χ0n) is 17.8. The minimum Gasteiger partial charge on any atom is -0.454 e. The summed E-state index contributed by atoms with van der Waals surface area (Å²) in [5.74, 6) is 1.99. The quantitative estimate of drug-likeness (QED) is 0.279. The fourth-order valence-electron chi connectivity index (χ4n) is 4.23. The summed E-state index contributed by atoms with van der Waals surface area (Å²) in [5, 5.41) is 14.2. The number of hydrogen-bond donors (Lipinski definition) is 0. The van der Waals surface area contributed by atoms with Crippen molar-refractivity contribution in [1.82, 2.24) is 10.2 Å². The predicted molar refractivity (Wildman–Crippen MR) is 128 cm³/mol. The molecule has 2 aromatic heterocycles. The van der Waals surface area contributed by atoms with Crippen LogP contribution in [0.3, 0.4) is 0 Å². The Hall–Kier alpha value is -4.18. The number of furan rings is 1. The molecule has 0 N–H and O–H groups in total. The van der Waals surface area contributed by atoms with E-state index in [4.69, 9.17) is 9.15 Å². The average Bonchev–Trinajstić information content (AvgIpc) is 3.24. The Kier molecular flexibility index (Phi) is 4.18. The molecule has 0 atom stereocenters. The second kappa shape index (κ2) is 7.20. The van der Waals surface area contributed by atoms with E-state index in [2.05, 4.69) is 34.5 Å². The maximum atomic E-state index is 6.35. The molecule has 0 aliphatic carbocycles. The van der Waals surface area contributed by atoms with Gasteiger partial charge in [-0.25, -0.2) is 0 Å². The van der Waals surface area contributed by atoms with Gasteiger partial charge in [-0.15, -0.1) is 10.2 Å². The highest BCUT2D eigenvalue weighted by Crippen LogP contribution is 2.38. The van der Waals surface area contributed by atoms with Crippen LogP contribution in [0, 0.1) is 13.8 Å². The van der Waals surface area contributed by atoms with Gasteiger partial charge < -0.3 is 9.15 Å². The van der Waals surface area contributed by atoms with Gasteiger partial charge in [0, 0.05) is 16.2 Å². The molecule has 0 fully saturated rings. The lowest BCUT2D eigenvalue weighted by atomic mass is 10.0. The highest BCUT2D eigenvalue weighted by molar-refractivity contribution is 6.05. The Labute approximate surface area is 185 Å². The molecule has 4 aromatic carbocycles. The van der Waals surface area contributed by atoms with Crippen molar-refractivity contribution in [2.75, 3.05) is 0 Å². The van der Waals surface area contributed by atoms with Gasteiger partial charge >= 0.3 is 0 Å². The molecule has 0 aliphatic rings. The van der Waals surface area contributed by atoms with Crippen molar-refractivity contribution in [3.63, 3.8) is 0 Å². The molecule has 0 bridgehead atoms. The third-order valence-electron chi connectivity index (χ3n) is 5.88. The molecule has 0 spiro atoms. The minimum absolute atomic E-state index is 0.489. The third-order valence-corrected chi connectivity index (χ3v) is 5.88. The fourth-order valence-corrected chi connectivity index (χ4v) is 4.23. The summed E-state index contributed by atoms with van der Waals surface area (Å²) in [6.45, 7) is 4.08. The van der Waals surface area contributed by atoms with E-state index in [0.717, 1.165) is 49.4 Å². The molecule has 6 aromatic rings. The minimum atomic E-state index is 0.489. The van der Waals surface area contributed by atoms with Gasteiger partial charge in [0.25, 0.3) is 0 Å². The Bertz CT molecular complexity index is 1580. The van der Waals surface area contributed by atoms with Crippen LogP contribution >= 0.6 is 0 Å². The first-order valence-electron chi connectivity index (χ1n) is 10.6. The van der Waals surface area contributed by atoms with Gasteiger partial charge in [0.2, 0.25) is 5.88 Å². The van der Waals surface area contributed by atoms with E-state index in [9.17, 15) is 0 Å². The average molecular weight is 416 g/mol. The van der Waals surface area contributed by atoms with Crippen LogP contribution in [-0.2, 0) is 0 Å². The van der Waals surface area contributed by atoms with Gasteiger partial charge in [-0.2, -0.15) is 0 Å². The number of nitrogens with zero attached hydrogens (tertiary/aromatic N) is 2. The van der Waals surface area contributed by atoms with Crippen LogP contribution in [0.25, 0.3) is 44.0 Å². The van der Waals surface area contributed by atoms with Crippen molar-refractivity contribution in [3.8, 4) is 23.1 Å². The van der Waals surface area contributed by atoms with Crippen molar-refractivity contribution < 1.29 is 9.15 Å². The van der Waals surface area contributed by atoms with Crippen molar-refractivity contribution in [2.24, 2.45) is 0 Å². The van der Waals surface area contributed by atoms with Crippen molar-refractivity contribution >= 4 is 32.5 Å². The van der Waals surface area contributed by atoms with Crippen molar-refractivity contribution in [3.05, 3.63) is 96.1 Å². The van der Waals surface area contributed by atoms with Crippen LogP contribution in [0.1, 0.15) is 11.1 Å². The van der Waals surface area contributed by atoms with E-state index in [1.54, 1.807) is 0 Å². The van der Waals surface area contributed by atoms with Crippen LogP contribution < -0.4 is 4.74 Å². The number of ether oxygens (including phenoxy) is 1. The first kappa shape index (κ1) is 18.6. The third kappa shape index (κ3) is 3.00. The highest BCUT2D eigenvalue weighted by atomic mass is 16.5. The largest absolute Gasteiger partial charge is 0.454 e. The topological polar surface area (TPSA) is 48.2 Å². The molecule has 6 rings (SSSR count). The lowest BCUT2D eigenvalue weighted by Crippen LogP contribution is -1.98. The summed E-state index contributed by atoms with van der Waals surface area (Å²) in [6, 6.07) is 28.6. The Morgan fingerprint density at radius 2 is 1.31 bits per heavy atom. The number of aromatic nitrogens is 2. The van der Waals surface area contributed by atoms with E-state index in [1.807, 2.05) is 74.5 Å². The zero-order valence-corrected chi connectivity index (χ0v) is 17.8. The molecule has 0 saturated heterocycles. The van der Waals surface area contributed by atoms with Gasteiger partial charge in [0.05, 0.1) is 0 Å². The second-order valence-corrected chi connectivity index (χ2v) is 8.07. The maximum Gasteiger partial charge on any atom is 0.246 e. The molecule has 0 unspecified atom stereocenters. The fraction of sp³-hybridized carbons (Fsp3) is 0.0714. The zero-order chi connectivity index (χ0) is 21.7. The van der Waals surface area contributed by atoms with Gasteiger partial charge in [0.1, 0.15) is 17.0 Å². The molecular weight excluding hydrogens is 396 g/mol. The van der Waals surface area contributed by atoms with Gasteiger partial charge in [-0.1, -0.05) is 60.7 Å². The number of benzene rings is 4. The van der Waals surface area contributed by atoms with E-state index in [0.29, 0.717) is 17.3 Å². The van der Waals surface area contributed by atoms with Crippen molar-refractivity contribution in [1.29, 1.82) is 0 Å². The Morgan fingerprint density at radius 3 is 2.03 bits per heavy atom. The summed E-state index contributed by atoms with van der Waals surface area (Å²) in [5.41, 5.74) is 3.65. The normalized spacial score (nSPS) is 11.4. The molecule has 0 saturated carbocycles. The molecule has 154 valence electrons. The van der Waals surface area contributed by atoms with Gasteiger partial charge in [-0.3, -0.25) is 0 Å². The summed E-state index contributed by atoms with van der Waals surface area (Å²) in [6.07, 6.45) is 0. The number of rotatable bonds is 3. The molecule has 0 amide bonds. The molecule has 0 aliphatic heterocycles. The molecule has 32 heavy (non-hydrogen) atoms. The molecule has 4 heteroatoms. The molecular formula is C28H20N2O2. The standard InChI is InChI=1S/C28H20N2O2/c1-17-8-7-9-18(2)27(17)32-28-23-15-20-11-4-3-10-19(20)14-22(23)26(29-30-28)25-16-21-12-5-6-13-24(21)31-25/h3-16H,1-2H3. The van der Waals surface area contributed by atoms with Gasteiger partial charge in [0.15, 0.2) is 5.76 Å². The van der Waals surface area contributed by atoms with E-state index in [1.165, 1.54) is 0 Å². The van der Waals surface area contributed by atoms with Crippen LogP contribution in [0.4, 0.5) is 0 Å². The van der Waals surface area contributed by atoms with Gasteiger partial charge in [-0.05, 0) is 60.0 Å². The lowest BCUT2D eigenvalue weighted by molar-refractivity contribution is 0.455. The molecule has 4 nitrogen and oxygen atoms in total. The van der Waals surface area contributed by atoms with Crippen LogP contribution in [-0.4, -0.2) is 10.2 Å². The van der Waals surface area contributed by atoms with E-state index < -0.39 is 0 Å². The maximum absolute atomic E-state index is 6.35. The first-order valence-corrected chi connectivity index (χ1v) is 10.6. The predicted octanol–water partition coefficient (Wildman–Crippen LogP) is 7.61. The molecule has 2 heterocycles. The number of para-hydroxylation sites is 2. The van der Waals surface area contributed by atoms with Crippen LogP contribution in [0.15, 0.2) is 89.3 Å². The Balaban J connectivity index is 1.62. The SMILES string of the molecule is Cc1cccc(C)c1Oc1nnc(-c2cc3ccccc3o2)c2cc3ccccc3cc12. The summed E-state index contributed by atoms with van der Waals surface area (Å²) in [4.78, 5) is 0. The van der Waals surface area contributed by atoms with Crippen LogP contribution in [0.5, 0.6) is 11.6 Å². The first-order chi connectivity index (χ1) is 15.7. The van der Waals surface area contributed by atoms with E-state index in [-0.39, 0.29) is 0 Å². The lowest BCUT2D eigenvalue weighted by Gasteiger charge is -2.13. The van der Waals surface area contributed by atoms with Crippen LogP contribution in [0.2, 0.25) is 0 Å². The second-order valence-electron chi connectivity index (χ2n) is 8.07. The number of fused-ring (bicyclic) bond motifs is 3. The summed E-state index contributed by atoms with van der Waals surface area (Å²) in [7, 11) is 0. The highest BCUT2D eigenvalue weighted by Gasteiger charge is 2.18. The summed E-state index contributed by atoms with van der Waals surface area (Å²) < 4.78 is 12.5. The summed E-state index contributed by atoms with van der Waals surface area (Å²) >= 11 is 0. The Morgan fingerprint density at radius 1 is 0.656 bits per heavy atom. The smallest absolute Gasteiger partial charge is 0.246 e. The van der Waals surface area contributed by atoms with E-state index >= 15 is 0 Å². The number of hydrogen-bond acceptors (Lipinski definition) is 4. The molecule has 0 radical (unpaired) electrons. The monoisotopic (exact) mass is 416 g/mol.